The molecule has 0 aliphatic heterocycles. The number of carboxylic acid groups (broad SMARTS) is 1. The van der Waals surface area contributed by atoms with Crippen LogP contribution >= 0.6 is 0 Å². The van der Waals surface area contributed by atoms with Gasteiger partial charge >= 0.3 is 5.97 Å². The molecule has 20 heavy (non-hydrogen) atoms. The summed E-state index contributed by atoms with van der Waals surface area (Å²) in [5, 5.41) is 12.4. The first-order valence-corrected chi connectivity index (χ1v) is 7.27. The molecule has 5 nitrogen and oxygen atoms in total. The minimum atomic E-state index is -0.713. The molecule has 0 radical (unpaired) electrons. The van der Waals surface area contributed by atoms with Crippen LogP contribution in [-0.4, -0.2) is 27.6 Å². The van der Waals surface area contributed by atoms with Gasteiger partial charge in [-0.25, -0.2) is 9.97 Å². The molecule has 1 saturated carbocycles. The summed E-state index contributed by atoms with van der Waals surface area (Å²) < 4.78 is 0. The fraction of sp³-hybridized carbons (Fsp3) is 0.667. The molecule has 2 rings (SSSR count). The molecule has 1 aromatic heterocycles. The fourth-order valence-corrected chi connectivity index (χ4v) is 3.11. The van der Waals surface area contributed by atoms with Crippen LogP contribution in [0, 0.1) is 19.3 Å². The molecule has 1 aromatic rings. The van der Waals surface area contributed by atoms with E-state index in [4.69, 9.17) is 5.11 Å². The lowest BCUT2D eigenvalue weighted by Crippen LogP contribution is -2.35. The van der Waals surface area contributed by atoms with Gasteiger partial charge in [-0.05, 0) is 38.2 Å². The molecule has 1 aliphatic carbocycles. The van der Waals surface area contributed by atoms with E-state index in [0.717, 1.165) is 37.1 Å². The molecule has 0 atom stereocenters. The first-order chi connectivity index (χ1) is 9.49. The maximum atomic E-state index is 11.1. The molecule has 0 saturated heterocycles. The second kappa shape index (κ2) is 6.20. The number of hydrogen-bond acceptors (Lipinski definition) is 4. The summed E-state index contributed by atoms with van der Waals surface area (Å²) in [6.45, 7) is 4.52. The summed E-state index contributed by atoms with van der Waals surface area (Å²) in [5.41, 5.74) is 1.71. The Balaban J connectivity index is 2.06. The summed E-state index contributed by atoms with van der Waals surface area (Å²) in [4.78, 5) is 19.9. The second-order valence-corrected chi connectivity index (χ2v) is 5.96. The predicted octanol–water partition coefficient (Wildman–Crippen LogP) is 2.93. The third kappa shape index (κ3) is 3.92. The quantitative estimate of drug-likeness (QED) is 0.865. The van der Waals surface area contributed by atoms with E-state index < -0.39 is 5.97 Å². The average molecular weight is 277 g/mol. The average Bonchev–Trinajstić information content (AvgIpc) is 2.36. The summed E-state index contributed by atoms with van der Waals surface area (Å²) in [6.07, 6.45) is 5.60. The van der Waals surface area contributed by atoms with Gasteiger partial charge in [0.25, 0.3) is 0 Å². The second-order valence-electron chi connectivity index (χ2n) is 5.96. The Bertz CT molecular complexity index is 462. The van der Waals surface area contributed by atoms with Crippen LogP contribution in [0.1, 0.15) is 49.9 Å². The van der Waals surface area contributed by atoms with Gasteiger partial charge in [-0.3, -0.25) is 4.79 Å². The number of hydrogen-bond donors (Lipinski definition) is 2. The number of carbonyl (C=O) groups is 1. The third-order valence-corrected chi connectivity index (χ3v) is 4.04. The van der Waals surface area contributed by atoms with Crippen molar-refractivity contribution >= 4 is 11.9 Å². The monoisotopic (exact) mass is 277 g/mol. The van der Waals surface area contributed by atoms with Crippen molar-refractivity contribution in [1.29, 1.82) is 0 Å². The van der Waals surface area contributed by atoms with Crippen LogP contribution in [0.3, 0.4) is 0 Å². The zero-order chi connectivity index (χ0) is 14.6. The van der Waals surface area contributed by atoms with Crippen molar-refractivity contribution in [3.8, 4) is 0 Å². The van der Waals surface area contributed by atoms with E-state index in [9.17, 15) is 4.79 Å². The topological polar surface area (TPSA) is 75.1 Å². The number of nitrogens with one attached hydrogen (secondary N) is 1. The van der Waals surface area contributed by atoms with Gasteiger partial charge in [0.05, 0.1) is 6.42 Å². The first-order valence-electron chi connectivity index (χ1n) is 7.27. The highest BCUT2D eigenvalue weighted by Gasteiger charge is 2.34. The molecule has 2 N–H and O–H groups in total. The van der Waals surface area contributed by atoms with Crippen LogP contribution in [0.2, 0.25) is 0 Å². The Kier molecular flexibility index (Phi) is 4.57. The molecule has 0 bridgehead atoms. The lowest BCUT2D eigenvalue weighted by Gasteiger charge is -2.36. The Morgan fingerprint density at radius 3 is 2.40 bits per heavy atom. The number of aryl methyl sites for hydroxylation is 2. The number of anilines is 1. The largest absolute Gasteiger partial charge is 0.481 e. The van der Waals surface area contributed by atoms with Gasteiger partial charge in [0.1, 0.15) is 0 Å². The van der Waals surface area contributed by atoms with Crippen LogP contribution < -0.4 is 5.32 Å². The molecule has 0 spiro atoms. The number of nitrogens with zero attached hydrogens (tertiary/aromatic N) is 2. The van der Waals surface area contributed by atoms with Crippen LogP contribution in [-0.2, 0) is 4.79 Å². The maximum absolute atomic E-state index is 11.1. The van der Waals surface area contributed by atoms with Gasteiger partial charge in [-0.15, -0.1) is 0 Å². The first kappa shape index (κ1) is 14.8. The Hall–Kier alpha value is -1.65. The number of aromatic nitrogens is 2. The summed E-state index contributed by atoms with van der Waals surface area (Å²) in [7, 11) is 0. The van der Waals surface area contributed by atoms with E-state index >= 15 is 0 Å². The Labute approximate surface area is 119 Å². The maximum Gasteiger partial charge on any atom is 0.303 e. The SMILES string of the molecule is Cc1cc(C)nc(NCC2(CC(=O)O)CCCCC2)n1. The minimum Gasteiger partial charge on any atom is -0.481 e. The zero-order valence-electron chi connectivity index (χ0n) is 12.3. The number of aliphatic carboxylic acids is 1. The van der Waals surface area contributed by atoms with Crippen LogP contribution in [0.25, 0.3) is 0 Å². The molecular weight excluding hydrogens is 254 g/mol. The fourth-order valence-electron chi connectivity index (χ4n) is 3.11. The predicted molar refractivity (Wildman–Crippen MR) is 77.8 cm³/mol. The van der Waals surface area contributed by atoms with Gasteiger partial charge in [-0.1, -0.05) is 19.3 Å². The molecule has 1 aliphatic rings. The van der Waals surface area contributed by atoms with Crippen molar-refractivity contribution in [3.63, 3.8) is 0 Å². The molecule has 0 aromatic carbocycles. The number of rotatable bonds is 5. The van der Waals surface area contributed by atoms with Crippen molar-refractivity contribution in [2.45, 2.75) is 52.4 Å². The van der Waals surface area contributed by atoms with Crippen molar-refractivity contribution in [3.05, 3.63) is 17.5 Å². The molecule has 110 valence electrons. The van der Waals surface area contributed by atoms with Crippen molar-refractivity contribution in [1.82, 2.24) is 9.97 Å². The minimum absolute atomic E-state index is 0.148. The van der Waals surface area contributed by atoms with E-state index in [-0.39, 0.29) is 11.8 Å². The van der Waals surface area contributed by atoms with Gasteiger partial charge in [0.15, 0.2) is 0 Å². The lowest BCUT2D eigenvalue weighted by molar-refractivity contribution is -0.140. The van der Waals surface area contributed by atoms with E-state index in [1.54, 1.807) is 0 Å². The highest BCUT2D eigenvalue weighted by Crippen LogP contribution is 2.39. The summed E-state index contributed by atoms with van der Waals surface area (Å²) in [5.74, 6) is -0.104. The third-order valence-electron chi connectivity index (χ3n) is 4.04. The van der Waals surface area contributed by atoms with Crippen molar-refractivity contribution in [2.24, 2.45) is 5.41 Å². The van der Waals surface area contributed by atoms with Gasteiger partial charge in [0, 0.05) is 17.9 Å². The van der Waals surface area contributed by atoms with Crippen LogP contribution in [0.15, 0.2) is 6.07 Å². The van der Waals surface area contributed by atoms with Gasteiger partial charge < -0.3 is 10.4 Å². The Morgan fingerprint density at radius 2 is 1.85 bits per heavy atom. The molecule has 0 unspecified atom stereocenters. The summed E-state index contributed by atoms with van der Waals surface area (Å²) >= 11 is 0. The summed E-state index contributed by atoms with van der Waals surface area (Å²) in [6, 6.07) is 1.93. The van der Waals surface area contributed by atoms with E-state index in [1.165, 1.54) is 6.42 Å². The number of carboxylic acids is 1. The lowest BCUT2D eigenvalue weighted by atomic mass is 9.72. The smallest absolute Gasteiger partial charge is 0.303 e. The van der Waals surface area contributed by atoms with Crippen molar-refractivity contribution < 1.29 is 9.90 Å². The highest BCUT2D eigenvalue weighted by molar-refractivity contribution is 5.67. The van der Waals surface area contributed by atoms with E-state index in [0.29, 0.717) is 12.5 Å². The van der Waals surface area contributed by atoms with Gasteiger partial charge in [-0.2, -0.15) is 0 Å². The molecular formula is C15H23N3O2. The Morgan fingerprint density at radius 1 is 1.25 bits per heavy atom. The highest BCUT2D eigenvalue weighted by atomic mass is 16.4. The van der Waals surface area contributed by atoms with Crippen molar-refractivity contribution in [2.75, 3.05) is 11.9 Å². The standard InChI is InChI=1S/C15H23N3O2/c1-11-8-12(2)18-14(17-11)16-10-15(9-13(19)20)6-4-3-5-7-15/h8H,3-7,9-10H2,1-2H3,(H,19,20)(H,16,17,18). The molecule has 1 heterocycles. The van der Waals surface area contributed by atoms with E-state index in [2.05, 4.69) is 15.3 Å². The molecule has 5 heteroatoms. The normalized spacial score (nSPS) is 17.7. The van der Waals surface area contributed by atoms with Gasteiger partial charge in [0.2, 0.25) is 5.95 Å². The van der Waals surface area contributed by atoms with E-state index in [1.807, 2.05) is 19.9 Å². The zero-order valence-corrected chi connectivity index (χ0v) is 12.3. The van der Waals surface area contributed by atoms with Crippen LogP contribution in [0.4, 0.5) is 5.95 Å². The molecule has 0 amide bonds. The van der Waals surface area contributed by atoms with Crippen LogP contribution in [0.5, 0.6) is 0 Å². The molecule has 1 fully saturated rings.